The Morgan fingerprint density at radius 1 is 1.36 bits per heavy atom. The van der Waals surface area contributed by atoms with Gasteiger partial charge in [-0.15, -0.1) is 0 Å². The molecule has 0 spiro atoms. The van der Waals surface area contributed by atoms with Crippen molar-refractivity contribution in [1.82, 2.24) is 0 Å². The molecule has 1 aromatic carbocycles. The fourth-order valence-electron chi connectivity index (χ4n) is 2.40. The van der Waals surface area contributed by atoms with Crippen LogP contribution in [0.15, 0.2) is 12.1 Å². The van der Waals surface area contributed by atoms with Crippen LogP contribution in [0, 0.1) is 0 Å². The fourth-order valence-corrected chi connectivity index (χ4v) is 2.40. The summed E-state index contributed by atoms with van der Waals surface area (Å²) in [4.78, 5) is 0. The van der Waals surface area contributed by atoms with Crippen LogP contribution in [0.1, 0.15) is 12.8 Å². The molecule has 1 heterocycles. The monoisotopic (exact) mass is 187 g/mol. The van der Waals surface area contributed by atoms with E-state index in [-0.39, 0.29) is 0 Å². The van der Waals surface area contributed by atoms with Gasteiger partial charge in [-0.1, -0.05) is 6.08 Å². The zero-order chi connectivity index (χ0) is 9.54. The minimum atomic E-state index is 1.00. The second-order valence-electron chi connectivity index (χ2n) is 3.80. The van der Waals surface area contributed by atoms with Crippen molar-refractivity contribution in [2.24, 2.45) is 0 Å². The molecule has 1 aromatic rings. The minimum Gasteiger partial charge on any atom is -0.496 e. The van der Waals surface area contributed by atoms with E-state index >= 15 is 0 Å². The van der Waals surface area contributed by atoms with E-state index in [9.17, 15) is 0 Å². The van der Waals surface area contributed by atoms with Gasteiger partial charge in [-0.2, -0.15) is 0 Å². The molecule has 0 aromatic heterocycles. The molecule has 0 bridgehead atoms. The van der Waals surface area contributed by atoms with Crippen LogP contribution >= 0.6 is 0 Å². The first-order chi connectivity index (χ1) is 6.90. The van der Waals surface area contributed by atoms with E-state index in [1.807, 2.05) is 6.07 Å². The second kappa shape index (κ2) is 2.77. The molecular formula is C12H13NO. The Morgan fingerprint density at radius 2 is 2.29 bits per heavy atom. The number of hydrogen-bond acceptors (Lipinski definition) is 2. The Balaban J connectivity index is 2.46. The first-order valence-electron chi connectivity index (χ1n) is 5.03. The van der Waals surface area contributed by atoms with Gasteiger partial charge in [-0.25, -0.2) is 0 Å². The van der Waals surface area contributed by atoms with Gasteiger partial charge in [0, 0.05) is 22.7 Å². The van der Waals surface area contributed by atoms with Crippen LogP contribution in [0.4, 0.5) is 5.69 Å². The highest BCUT2D eigenvalue weighted by molar-refractivity contribution is 5.70. The van der Waals surface area contributed by atoms with Crippen molar-refractivity contribution in [1.29, 1.82) is 0 Å². The van der Waals surface area contributed by atoms with E-state index in [1.165, 1.54) is 28.1 Å². The van der Waals surface area contributed by atoms with Gasteiger partial charge in [0.1, 0.15) is 5.75 Å². The maximum atomic E-state index is 5.37. The van der Waals surface area contributed by atoms with Crippen LogP contribution in [0.3, 0.4) is 0 Å². The molecule has 0 atom stereocenters. The quantitative estimate of drug-likeness (QED) is 0.703. The molecule has 2 nitrogen and oxygen atoms in total. The molecule has 0 saturated heterocycles. The Bertz CT molecular complexity index is 502. The van der Waals surface area contributed by atoms with Gasteiger partial charge in [-0.05, 0) is 30.5 Å². The Kier molecular flexibility index (Phi) is 1.57. The van der Waals surface area contributed by atoms with Crippen LogP contribution in [0.2, 0.25) is 0 Å². The first-order valence-corrected chi connectivity index (χ1v) is 5.03. The van der Waals surface area contributed by atoms with Crippen molar-refractivity contribution < 1.29 is 4.74 Å². The van der Waals surface area contributed by atoms with Crippen LogP contribution in [-0.2, 0) is 0 Å². The molecule has 1 aliphatic carbocycles. The maximum Gasteiger partial charge on any atom is 0.126 e. The summed E-state index contributed by atoms with van der Waals surface area (Å²) in [6.07, 6.45) is 4.62. The van der Waals surface area contributed by atoms with Gasteiger partial charge < -0.3 is 10.1 Å². The third-order valence-electron chi connectivity index (χ3n) is 3.07. The Morgan fingerprint density at radius 3 is 3.14 bits per heavy atom. The van der Waals surface area contributed by atoms with E-state index in [4.69, 9.17) is 4.74 Å². The van der Waals surface area contributed by atoms with Crippen molar-refractivity contribution in [3.63, 3.8) is 0 Å². The molecule has 2 aliphatic rings. The van der Waals surface area contributed by atoms with Crippen molar-refractivity contribution in [3.05, 3.63) is 22.6 Å². The maximum absolute atomic E-state index is 5.37. The number of anilines is 1. The fraction of sp³-hybridized carbons (Fsp3) is 0.333. The second-order valence-corrected chi connectivity index (χ2v) is 3.80. The van der Waals surface area contributed by atoms with Crippen molar-refractivity contribution in [3.8, 4) is 5.75 Å². The average Bonchev–Trinajstić information content (AvgIpc) is 2.65. The lowest BCUT2D eigenvalue weighted by Gasteiger charge is -2.07. The van der Waals surface area contributed by atoms with Gasteiger partial charge in [0.25, 0.3) is 0 Å². The van der Waals surface area contributed by atoms with Gasteiger partial charge >= 0.3 is 0 Å². The highest BCUT2D eigenvalue weighted by Crippen LogP contribution is 2.19. The molecule has 0 radical (unpaired) electrons. The summed E-state index contributed by atoms with van der Waals surface area (Å²) in [6.45, 7) is 1.02. The first kappa shape index (κ1) is 7.92. The van der Waals surface area contributed by atoms with E-state index in [1.54, 1.807) is 7.11 Å². The average molecular weight is 187 g/mol. The minimum absolute atomic E-state index is 1.00. The van der Waals surface area contributed by atoms with Crippen molar-refractivity contribution in [2.45, 2.75) is 12.8 Å². The predicted molar refractivity (Wildman–Crippen MR) is 57.8 cm³/mol. The van der Waals surface area contributed by atoms with Crippen molar-refractivity contribution in [2.75, 3.05) is 19.0 Å². The molecule has 72 valence electrons. The molecule has 0 saturated carbocycles. The molecule has 3 rings (SSSR count). The van der Waals surface area contributed by atoms with E-state index < -0.39 is 0 Å². The number of nitrogens with one attached hydrogen (secondary N) is 1. The summed E-state index contributed by atoms with van der Waals surface area (Å²) >= 11 is 0. The standard InChI is InChI=1S/C12H13NO/c1-14-11-6-5-10-12-8(7-13-10)3-2-4-9(11)12/h4-6,13H,2-3,7H2,1H3. The topological polar surface area (TPSA) is 21.3 Å². The van der Waals surface area contributed by atoms with E-state index in [0.29, 0.717) is 0 Å². The lowest BCUT2D eigenvalue weighted by atomic mass is 10.0. The predicted octanol–water partition coefficient (Wildman–Crippen LogP) is 0.846. The highest BCUT2D eigenvalue weighted by atomic mass is 16.5. The van der Waals surface area contributed by atoms with Crippen LogP contribution in [-0.4, -0.2) is 13.7 Å². The number of rotatable bonds is 1. The molecule has 0 amide bonds. The summed E-state index contributed by atoms with van der Waals surface area (Å²) in [5.41, 5.74) is 2.81. The molecule has 14 heavy (non-hydrogen) atoms. The number of hydrogen-bond donors (Lipinski definition) is 1. The van der Waals surface area contributed by atoms with Gasteiger partial charge in [0.2, 0.25) is 0 Å². The normalized spacial score (nSPS) is 17.1. The van der Waals surface area contributed by atoms with Gasteiger partial charge in [0.05, 0.1) is 7.11 Å². The van der Waals surface area contributed by atoms with Crippen molar-refractivity contribution >= 4 is 17.3 Å². The molecule has 1 N–H and O–H groups in total. The van der Waals surface area contributed by atoms with Gasteiger partial charge in [-0.3, -0.25) is 0 Å². The SMILES string of the molecule is COc1ccc2c3c1=CCCC=3CN2. The summed E-state index contributed by atoms with van der Waals surface area (Å²) in [5.74, 6) is 1.00. The summed E-state index contributed by atoms with van der Waals surface area (Å²) in [7, 11) is 1.74. The van der Waals surface area contributed by atoms with E-state index in [2.05, 4.69) is 17.5 Å². The highest BCUT2D eigenvalue weighted by Gasteiger charge is 2.15. The molecule has 0 unspecified atom stereocenters. The molecule has 2 heteroatoms. The lowest BCUT2D eigenvalue weighted by Crippen LogP contribution is -2.29. The summed E-state index contributed by atoms with van der Waals surface area (Å²) < 4.78 is 5.37. The lowest BCUT2D eigenvalue weighted by molar-refractivity contribution is 0.411. The molecule has 0 fully saturated rings. The van der Waals surface area contributed by atoms with Crippen LogP contribution < -0.4 is 20.5 Å². The third kappa shape index (κ3) is 0.910. The number of methoxy groups -OCH3 is 1. The van der Waals surface area contributed by atoms with Crippen LogP contribution in [0.25, 0.3) is 11.6 Å². The zero-order valence-corrected chi connectivity index (χ0v) is 8.26. The third-order valence-corrected chi connectivity index (χ3v) is 3.07. The smallest absolute Gasteiger partial charge is 0.126 e. The Labute approximate surface area is 82.9 Å². The number of ether oxygens (including phenoxy) is 1. The molecule has 1 aliphatic heterocycles. The van der Waals surface area contributed by atoms with Gasteiger partial charge in [0.15, 0.2) is 0 Å². The van der Waals surface area contributed by atoms with Crippen LogP contribution in [0.5, 0.6) is 5.75 Å². The number of benzene rings is 1. The van der Waals surface area contributed by atoms with E-state index in [0.717, 1.165) is 18.7 Å². The Hall–Kier alpha value is -1.44. The molecular weight excluding hydrogens is 174 g/mol. The largest absolute Gasteiger partial charge is 0.496 e. The summed E-state index contributed by atoms with van der Waals surface area (Å²) in [5, 5.41) is 6.11. The zero-order valence-electron chi connectivity index (χ0n) is 8.26. The summed E-state index contributed by atoms with van der Waals surface area (Å²) in [6, 6.07) is 4.16.